The van der Waals surface area contributed by atoms with E-state index in [0.717, 1.165) is 4.48 Å². The van der Waals surface area contributed by atoms with Gasteiger partial charge in [-0.3, -0.25) is 4.79 Å². The molecular weight excluding hydrogens is 210 g/mol. The van der Waals surface area contributed by atoms with Crippen molar-refractivity contribution in [2.75, 3.05) is 13.7 Å². The van der Waals surface area contributed by atoms with E-state index < -0.39 is 6.10 Å². The van der Waals surface area contributed by atoms with Crippen LogP contribution in [0.15, 0.2) is 11.1 Å². The first-order chi connectivity index (χ1) is 5.07. The number of rotatable bonds is 4. The fourth-order valence-corrected chi connectivity index (χ4v) is 0.574. The van der Waals surface area contributed by atoms with Gasteiger partial charge in [0.2, 0.25) is 5.91 Å². The summed E-state index contributed by atoms with van der Waals surface area (Å²) < 4.78 is 5.53. The predicted octanol–water partition coefficient (Wildman–Crippen LogP) is 1.05. The Morgan fingerprint density at radius 1 is 1.82 bits per heavy atom. The average molecular weight is 222 g/mol. The van der Waals surface area contributed by atoms with E-state index in [1.54, 1.807) is 6.92 Å². The smallest absolute Gasteiger partial charge is 0.249 e. The molecule has 4 heteroatoms. The van der Waals surface area contributed by atoms with Gasteiger partial charge in [0.15, 0.2) is 0 Å². The molecule has 0 heterocycles. The van der Waals surface area contributed by atoms with E-state index in [2.05, 4.69) is 27.8 Å². The number of hydrogen-bond acceptors (Lipinski definition) is 2. The van der Waals surface area contributed by atoms with Crippen molar-refractivity contribution in [1.82, 2.24) is 5.32 Å². The molecule has 64 valence electrons. The Bertz CT molecular complexity index is 159. The minimum absolute atomic E-state index is 0.131. The van der Waals surface area contributed by atoms with E-state index in [1.165, 1.54) is 7.11 Å². The van der Waals surface area contributed by atoms with E-state index in [4.69, 9.17) is 4.74 Å². The van der Waals surface area contributed by atoms with Crippen LogP contribution in [0.25, 0.3) is 0 Å². The van der Waals surface area contributed by atoms with Crippen LogP contribution in [0.2, 0.25) is 0 Å². The van der Waals surface area contributed by atoms with Crippen LogP contribution in [0.1, 0.15) is 6.92 Å². The zero-order chi connectivity index (χ0) is 8.85. The van der Waals surface area contributed by atoms with Crippen molar-refractivity contribution in [2.45, 2.75) is 13.0 Å². The number of carbonyl (C=O) groups excluding carboxylic acids is 1. The maximum absolute atomic E-state index is 11.0. The van der Waals surface area contributed by atoms with Gasteiger partial charge in [0, 0.05) is 18.1 Å². The highest BCUT2D eigenvalue weighted by molar-refractivity contribution is 9.11. The number of amides is 1. The molecule has 0 aliphatic rings. The summed E-state index contributed by atoms with van der Waals surface area (Å²) in [7, 11) is 1.49. The lowest BCUT2D eigenvalue weighted by atomic mass is 10.4. The molecule has 11 heavy (non-hydrogen) atoms. The second-order valence-electron chi connectivity index (χ2n) is 2.11. The Labute approximate surface area is 74.9 Å². The Kier molecular flexibility index (Phi) is 5.15. The molecule has 0 fully saturated rings. The van der Waals surface area contributed by atoms with Crippen molar-refractivity contribution >= 4 is 21.8 Å². The van der Waals surface area contributed by atoms with E-state index in [1.807, 2.05) is 0 Å². The molecule has 0 aromatic heterocycles. The lowest BCUT2D eigenvalue weighted by Gasteiger charge is -2.08. The summed E-state index contributed by atoms with van der Waals surface area (Å²) in [5.41, 5.74) is 0. The first-order valence-corrected chi connectivity index (χ1v) is 4.01. The minimum atomic E-state index is -0.401. The van der Waals surface area contributed by atoms with Crippen LogP contribution in [-0.2, 0) is 9.53 Å². The van der Waals surface area contributed by atoms with Crippen molar-refractivity contribution in [2.24, 2.45) is 0 Å². The minimum Gasteiger partial charge on any atom is -0.372 e. The molecule has 0 aromatic rings. The SMILES string of the molecule is C=C(Br)CNC(=O)C(C)OC. The first kappa shape index (κ1) is 10.7. The molecule has 0 spiro atoms. The molecule has 0 aliphatic heterocycles. The number of carbonyl (C=O) groups is 1. The normalized spacial score (nSPS) is 12.3. The van der Waals surface area contributed by atoms with E-state index in [0.29, 0.717) is 6.54 Å². The average Bonchev–Trinajstić information content (AvgIpc) is 1.98. The van der Waals surface area contributed by atoms with Crippen molar-refractivity contribution in [3.05, 3.63) is 11.1 Å². The fourth-order valence-electron chi connectivity index (χ4n) is 0.434. The lowest BCUT2D eigenvalue weighted by molar-refractivity contribution is -0.129. The monoisotopic (exact) mass is 221 g/mol. The van der Waals surface area contributed by atoms with E-state index >= 15 is 0 Å². The molecule has 0 saturated carbocycles. The van der Waals surface area contributed by atoms with Crippen LogP contribution in [0.5, 0.6) is 0 Å². The molecule has 0 bridgehead atoms. The first-order valence-electron chi connectivity index (χ1n) is 3.21. The highest BCUT2D eigenvalue weighted by Crippen LogP contribution is 1.97. The quantitative estimate of drug-likeness (QED) is 0.771. The van der Waals surface area contributed by atoms with Crippen LogP contribution in [0.4, 0.5) is 0 Å². The van der Waals surface area contributed by atoms with Crippen molar-refractivity contribution in [3.63, 3.8) is 0 Å². The van der Waals surface area contributed by atoms with Crippen LogP contribution < -0.4 is 5.32 Å². The summed E-state index contributed by atoms with van der Waals surface area (Å²) in [6, 6.07) is 0. The second kappa shape index (κ2) is 5.32. The zero-order valence-corrected chi connectivity index (χ0v) is 8.27. The Balaban J connectivity index is 3.60. The Morgan fingerprint density at radius 2 is 2.36 bits per heavy atom. The van der Waals surface area contributed by atoms with Gasteiger partial charge < -0.3 is 10.1 Å². The molecular formula is C7H12BrNO2. The Hall–Kier alpha value is -0.350. The highest BCUT2D eigenvalue weighted by Gasteiger charge is 2.09. The third-order valence-corrected chi connectivity index (χ3v) is 1.46. The molecule has 0 aromatic carbocycles. The maximum atomic E-state index is 11.0. The molecule has 0 aliphatic carbocycles. The molecule has 1 amide bonds. The van der Waals surface area contributed by atoms with Gasteiger partial charge in [-0.05, 0) is 6.92 Å². The Morgan fingerprint density at radius 3 is 2.73 bits per heavy atom. The number of halogens is 1. The van der Waals surface area contributed by atoms with Gasteiger partial charge >= 0.3 is 0 Å². The van der Waals surface area contributed by atoms with Crippen LogP contribution in [0, 0.1) is 0 Å². The largest absolute Gasteiger partial charge is 0.372 e. The third-order valence-electron chi connectivity index (χ3n) is 1.18. The molecule has 0 radical (unpaired) electrons. The summed E-state index contributed by atoms with van der Waals surface area (Å²) >= 11 is 3.12. The topological polar surface area (TPSA) is 38.3 Å². The standard InChI is InChI=1S/C7H12BrNO2/c1-5(8)4-9-7(10)6(2)11-3/h6H,1,4H2,2-3H3,(H,9,10). The van der Waals surface area contributed by atoms with Gasteiger partial charge in [-0.25, -0.2) is 0 Å². The second-order valence-corrected chi connectivity index (χ2v) is 3.23. The number of ether oxygens (including phenoxy) is 1. The van der Waals surface area contributed by atoms with Crippen LogP contribution >= 0.6 is 15.9 Å². The van der Waals surface area contributed by atoms with Gasteiger partial charge in [0.05, 0.1) is 0 Å². The highest BCUT2D eigenvalue weighted by atomic mass is 79.9. The van der Waals surface area contributed by atoms with E-state index in [9.17, 15) is 4.79 Å². The van der Waals surface area contributed by atoms with E-state index in [-0.39, 0.29) is 5.91 Å². The van der Waals surface area contributed by atoms with Crippen molar-refractivity contribution < 1.29 is 9.53 Å². The predicted molar refractivity (Wildman–Crippen MR) is 47.5 cm³/mol. The summed E-state index contributed by atoms with van der Waals surface area (Å²) in [6.07, 6.45) is -0.401. The van der Waals surface area contributed by atoms with Crippen LogP contribution in [-0.4, -0.2) is 25.7 Å². The lowest BCUT2D eigenvalue weighted by Crippen LogP contribution is -2.34. The summed E-state index contributed by atoms with van der Waals surface area (Å²) in [6.45, 7) is 5.70. The van der Waals surface area contributed by atoms with Gasteiger partial charge in [-0.1, -0.05) is 22.5 Å². The molecule has 1 unspecified atom stereocenters. The molecule has 1 atom stereocenters. The fraction of sp³-hybridized carbons (Fsp3) is 0.571. The van der Waals surface area contributed by atoms with Gasteiger partial charge in [-0.15, -0.1) is 0 Å². The number of hydrogen-bond donors (Lipinski definition) is 1. The van der Waals surface area contributed by atoms with Crippen LogP contribution in [0.3, 0.4) is 0 Å². The summed E-state index contributed by atoms with van der Waals surface area (Å²) in [5.74, 6) is -0.131. The van der Waals surface area contributed by atoms with Crippen molar-refractivity contribution in [1.29, 1.82) is 0 Å². The summed E-state index contributed by atoms with van der Waals surface area (Å²) in [4.78, 5) is 11.0. The van der Waals surface area contributed by atoms with Gasteiger partial charge in [0.1, 0.15) is 6.10 Å². The molecule has 1 N–H and O–H groups in total. The number of methoxy groups -OCH3 is 1. The van der Waals surface area contributed by atoms with Gasteiger partial charge in [-0.2, -0.15) is 0 Å². The third kappa shape index (κ3) is 4.98. The molecule has 3 nitrogen and oxygen atoms in total. The van der Waals surface area contributed by atoms with Crippen molar-refractivity contribution in [3.8, 4) is 0 Å². The number of nitrogens with one attached hydrogen (secondary N) is 1. The van der Waals surface area contributed by atoms with Gasteiger partial charge in [0.25, 0.3) is 0 Å². The summed E-state index contributed by atoms with van der Waals surface area (Å²) in [5, 5.41) is 2.62. The molecule has 0 rings (SSSR count). The molecule has 0 saturated heterocycles. The zero-order valence-electron chi connectivity index (χ0n) is 6.69. The maximum Gasteiger partial charge on any atom is 0.249 e.